The van der Waals surface area contributed by atoms with E-state index in [0.717, 1.165) is 10.8 Å². The number of halogens is 1. The molecule has 2 N–H and O–H groups in total. The maximum absolute atomic E-state index is 12.2. The van der Waals surface area contributed by atoms with Gasteiger partial charge < -0.3 is 5.11 Å². The summed E-state index contributed by atoms with van der Waals surface area (Å²) in [4.78, 5) is 40.9. The maximum atomic E-state index is 12.2. The van der Waals surface area contributed by atoms with Crippen LogP contribution in [0.1, 0.15) is 11.1 Å². The highest BCUT2D eigenvalue weighted by atomic mass is 35.5. The summed E-state index contributed by atoms with van der Waals surface area (Å²) in [6.45, 7) is 1.69. The second-order valence-electron chi connectivity index (χ2n) is 5.79. The standard InChI is InChI=1S/C18H13ClN4O5/c1-10-6-7-13(15(8-10)23(27)28)20-9-11-16(24)21-18(26)22(17(11)25)14-5-3-2-4-12(14)19/h2-9,25H,1H3,(H,21,24,26). The first kappa shape index (κ1) is 19.1. The second kappa shape index (κ2) is 7.49. The van der Waals surface area contributed by atoms with E-state index in [4.69, 9.17) is 11.6 Å². The highest BCUT2D eigenvalue weighted by molar-refractivity contribution is 6.32. The van der Waals surface area contributed by atoms with Crippen LogP contribution in [-0.2, 0) is 0 Å². The molecule has 3 rings (SSSR count). The summed E-state index contributed by atoms with van der Waals surface area (Å²) in [7, 11) is 0. The van der Waals surface area contributed by atoms with E-state index in [2.05, 4.69) is 9.98 Å². The number of nitro groups is 1. The number of hydrogen-bond donors (Lipinski definition) is 2. The molecule has 0 saturated heterocycles. The molecule has 0 bridgehead atoms. The van der Waals surface area contributed by atoms with Crippen molar-refractivity contribution in [2.24, 2.45) is 4.99 Å². The summed E-state index contributed by atoms with van der Waals surface area (Å²) in [5, 5.41) is 21.9. The van der Waals surface area contributed by atoms with Crippen molar-refractivity contribution < 1.29 is 10.0 Å². The fraction of sp³-hybridized carbons (Fsp3) is 0.0556. The number of aromatic hydroxyl groups is 1. The van der Waals surface area contributed by atoms with Gasteiger partial charge in [-0.05, 0) is 30.7 Å². The zero-order valence-corrected chi connectivity index (χ0v) is 15.2. The molecule has 0 amide bonds. The number of aromatic nitrogens is 2. The third-order valence-corrected chi connectivity index (χ3v) is 4.19. The zero-order valence-electron chi connectivity index (χ0n) is 14.4. The molecule has 0 aliphatic rings. The van der Waals surface area contributed by atoms with Gasteiger partial charge in [0.05, 0.1) is 15.6 Å². The van der Waals surface area contributed by atoms with E-state index in [-0.39, 0.29) is 27.6 Å². The Morgan fingerprint density at radius 3 is 2.64 bits per heavy atom. The lowest BCUT2D eigenvalue weighted by Crippen LogP contribution is -2.31. The first-order chi connectivity index (χ1) is 13.3. The Hall–Kier alpha value is -3.72. The minimum Gasteiger partial charge on any atom is -0.493 e. The Labute approximate surface area is 162 Å². The number of para-hydroxylation sites is 1. The van der Waals surface area contributed by atoms with E-state index >= 15 is 0 Å². The lowest BCUT2D eigenvalue weighted by molar-refractivity contribution is -0.384. The SMILES string of the molecule is Cc1ccc(N=Cc2c(O)n(-c3ccccc3Cl)c(=O)[nH]c2=O)c([N+](=O)[O-])c1. The van der Waals surface area contributed by atoms with Gasteiger partial charge in [-0.15, -0.1) is 0 Å². The highest BCUT2D eigenvalue weighted by Crippen LogP contribution is 2.28. The van der Waals surface area contributed by atoms with Crippen LogP contribution in [0.25, 0.3) is 5.69 Å². The van der Waals surface area contributed by atoms with Gasteiger partial charge in [0.1, 0.15) is 11.3 Å². The first-order valence-electron chi connectivity index (χ1n) is 7.92. The molecule has 10 heteroatoms. The topological polar surface area (TPSA) is 131 Å². The monoisotopic (exact) mass is 400 g/mol. The average Bonchev–Trinajstić information content (AvgIpc) is 2.63. The molecule has 0 aliphatic carbocycles. The van der Waals surface area contributed by atoms with Crippen molar-refractivity contribution in [3.63, 3.8) is 0 Å². The molecule has 2 aromatic carbocycles. The molecule has 9 nitrogen and oxygen atoms in total. The smallest absolute Gasteiger partial charge is 0.335 e. The van der Waals surface area contributed by atoms with Crippen LogP contribution in [0.4, 0.5) is 11.4 Å². The quantitative estimate of drug-likeness (QED) is 0.395. The minimum atomic E-state index is -0.899. The van der Waals surface area contributed by atoms with Crippen molar-refractivity contribution in [1.82, 2.24) is 9.55 Å². The van der Waals surface area contributed by atoms with E-state index in [1.165, 1.54) is 24.3 Å². The Morgan fingerprint density at radius 1 is 1.25 bits per heavy atom. The number of nitro benzene ring substituents is 1. The lowest BCUT2D eigenvalue weighted by Gasteiger charge is -2.10. The zero-order chi connectivity index (χ0) is 20.4. The van der Waals surface area contributed by atoms with Crippen molar-refractivity contribution >= 4 is 29.2 Å². The van der Waals surface area contributed by atoms with Gasteiger partial charge in [-0.1, -0.05) is 29.8 Å². The summed E-state index contributed by atoms with van der Waals surface area (Å²) < 4.78 is 0.814. The van der Waals surface area contributed by atoms with E-state index in [1.807, 2.05) is 0 Å². The number of nitrogens with zero attached hydrogens (tertiary/aromatic N) is 3. The van der Waals surface area contributed by atoms with Crippen LogP contribution >= 0.6 is 11.6 Å². The molecule has 1 aromatic heterocycles. The third-order valence-electron chi connectivity index (χ3n) is 3.87. The van der Waals surface area contributed by atoms with Crippen LogP contribution in [0.3, 0.4) is 0 Å². The fourth-order valence-electron chi connectivity index (χ4n) is 2.53. The molecule has 0 saturated carbocycles. The van der Waals surface area contributed by atoms with Gasteiger partial charge >= 0.3 is 5.69 Å². The summed E-state index contributed by atoms with van der Waals surface area (Å²) in [6.07, 6.45) is 0.957. The summed E-state index contributed by atoms with van der Waals surface area (Å²) in [5.41, 5.74) is -1.60. The van der Waals surface area contributed by atoms with Gasteiger partial charge in [0.15, 0.2) is 0 Å². The van der Waals surface area contributed by atoms with Crippen molar-refractivity contribution in [2.75, 3.05) is 0 Å². The lowest BCUT2D eigenvalue weighted by atomic mass is 10.2. The van der Waals surface area contributed by atoms with Gasteiger partial charge in [-0.25, -0.2) is 14.4 Å². The number of nitrogens with one attached hydrogen (secondary N) is 1. The molecular formula is C18H13ClN4O5. The number of hydrogen-bond acceptors (Lipinski definition) is 6. The summed E-state index contributed by atoms with van der Waals surface area (Å²) in [5.74, 6) is -0.694. The number of aliphatic imine (C=N–C) groups is 1. The number of aromatic amines is 1. The highest BCUT2D eigenvalue weighted by Gasteiger charge is 2.17. The van der Waals surface area contributed by atoms with Crippen molar-refractivity contribution in [3.8, 4) is 11.6 Å². The van der Waals surface area contributed by atoms with Gasteiger partial charge in [0.25, 0.3) is 11.2 Å². The Kier molecular flexibility index (Phi) is 5.10. The number of H-pyrrole nitrogens is 1. The maximum Gasteiger partial charge on any atom is 0.335 e. The second-order valence-corrected chi connectivity index (χ2v) is 6.20. The molecule has 28 heavy (non-hydrogen) atoms. The Morgan fingerprint density at radius 2 is 1.96 bits per heavy atom. The van der Waals surface area contributed by atoms with Crippen molar-refractivity contribution in [3.05, 3.63) is 89.6 Å². The first-order valence-corrected chi connectivity index (χ1v) is 8.29. The summed E-state index contributed by atoms with van der Waals surface area (Å²) >= 11 is 6.07. The van der Waals surface area contributed by atoms with Crippen LogP contribution in [0.5, 0.6) is 5.88 Å². The fourth-order valence-corrected chi connectivity index (χ4v) is 2.75. The van der Waals surface area contributed by atoms with Gasteiger partial charge in [0.2, 0.25) is 5.88 Å². The molecule has 0 aliphatic heterocycles. The molecule has 142 valence electrons. The average molecular weight is 401 g/mol. The molecule has 3 aromatic rings. The van der Waals surface area contributed by atoms with E-state index in [0.29, 0.717) is 5.56 Å². The molecular weight excluding hydrogens is 388 g/mol. The molecule has 0 unspecified atom stereocenters. The van der Waals surface area contributed by atoms with Gasteiger partial charge in [-0.3, -0.25) is 19.9 Å². The van der Waals surface area contributed by atoms with E-state index < -0.39 is 22.1 Å². The molecule has 0 radical (unpaired) electrons. The summed E-state index contributed by atoms with van der Waals surface area (Å²) in [6, 6.07) is 10.6. The molecule has 1 heterocycles. The van der Waals surface area contributed by atoms with Gasteiger partial charge in [-0.2, -0.15) is 0 Å². The predicted octanol–water partition coefficient (Wildman–Crippen LogP) is 2.85. The number of benzene rings is 2. The molecule has 0 fully saturated rings. The van der Waals surface area contributed by atoms with Crippen molar-refractivity contribution in [1.29, 1.82) is 0 Å². The van der Waals surface area contributed by atoms with E-state index in [1.54, 1.807) is 25.1 Å². The Balaban J connectivity index is 2.17. The third kappa shape index (κ3) is 3.55. The normalized spacial score (nSPS) is 11.1. The van der Waals surface area contributed by atoms with Crippen LogP contribution in [0, 0.1) is 17.0 Å². The number of aryl methyl sites for hydroxylation is 1. The minimum absolute atomic E-state index is 0.00936. The van der Waals surface area contributed by atoms with Crippen LogP contribution in [0.2, 0.25) is 5.02 Å². The van der Waals surface area contributed by atoms with Crippen LogP contribution in [0.15, 0.2) is 57.0 Å². The molecule has 0 atom stereocenters. The van der Waals surface area contributed by atoms with Gasteiger partial charge in [0, 0.05) is 12.3 Å². The van der Waals surface area contributed by atoms with Crippen LogP contribution in [-0.4, -0.2) is 25.8 Å². The Bertz CT molecular complexity index is 1230. The van der Waals surface area contributed by atoms with Crippen molar-refractivity contribution in [2.45, 2.75) is 6.92 Å². The number of rotatable bonds is 4. The molecule has 0 spiro atoms. The van der Waals surface area contributed by atoms with E-state index in [9.17, 15) is 24.8 Å². The predicted molar refractivity (Wildman–Crippen MR) is 104 cm³/mol. The largest absolute Gasteiger partial charge is 0.493 e. The van der Waals surface area contributed by atoms with Crippen LogP contribution < -0.4 is 11.2 Å².